The molecule has 0 saturated carbocycles. The standard InChI is InChI=1S/C14H27N3O2/c1-12(17-7-3-2-4-8-17)11-15-14(18)16-13-5-9-19-10-6-13/h12-13H,2-11H2,1H3,(H2,15,16,18). The van der Waals surface area contributed by atoms with Gasteiger partial charge in [0.25, 0.3) is 0 Å². The fourth-order valence-corrected chi connectivity index (χ4v) is 2.81. The van der Waals surface area contributed by atoms with Gasteiger partial charge in [-0.05, 0) is 45.7 Å². The van der Waals surface area contributed by atoms with Gasteiger partial charge in [-0.15, -0.1) is 0 Å². The van der Waals surface area contributed by atoms with E-state index in [-0.39, 0.29) is 12.1 Å². The fourth-order valence-electron chi connectivity index (χ4n) is 2.81. The van der Waals surface area contributed by atoms with Gasteiger partial charge in [0.05, 0.1) is 0 Å². The Morgan fingerprint density at radius 2 is 1.95 bits per heavy atom. The maximum Gasteiger partial charge on any atom is 0.315 e. The number of nitrogens with zero attached hydrogens (tertiary/aromatic N) is 1. The summed E-state index contributed by atoms with van der Waals surface area (Å²) in [6, 6.07) is 0.676. The van der Waals surface area contributed by atoms with E-state index in [1.54, 1.807) is 0 Å². The number of urea groups is 1. The minimum atomic E-state index is -0.0317. The van der Waals surface area contributed by atoms with Crippen molar-refractivity contribution in [3.05, 3.63) is 0 Å². The predicted octanol–water partition coefficient (Wildman–Crippen LogP) is 1.34. The van der Waals surface area contributed by atoms with Crippen molar-refractivity contribution in [3.63, 3.8) is 0 Å². The summed E-state index contributed by atoms with van der Waals surface area (Å²) in [7, 11) is 0. The average molecular weight is 269 g/mol. The van der Waals surface area contributed by atoms with Gasteiger partial charge in [-0.25, -0.2) is 4.79 Å². The summed E-state index contributed by atoms with van der Waals surface area (Å²) in [5.74, 6) is 0. The minimum Gasteiger partial charge on any atom is -0.381 e. The summed E-state index contributed by atoms with van der Waals surface area (Å²) < 4.78 is 5.28. The van der Waals surface area contributed by atoms with Crippen molar-refractivity contribution in [3.8, 4) is 0 Å². The molecule has 2 fully saturated rings. The molecule has 2 amide bonds. The second-order valence-electron chi connectivity index (χ2n) is 5.69. The van der Waals surface area contributed by atoms with Crippen LogP contribution >= 0.6 is 0 Å². The number of hydrogen-bond acceptors (Lipinski definition) is 3. The molecule has 0 aromatic carbocycles. The lowest BCUT2D eigenvalue weighted by Crippen LogP contribution is -2.49. The molecule has 2 aliphatic heterocycles. The van der Waals surface area contributed by atoms with Gasteiger partial charge < -0.3 is 15.4 Å². The van der Waals surface area contributed by atoms with Gasteiger partial charge in [0.2, 0.25) is 0 Å². The number of piperidine rings is 1. The number of nitrogens with one attached hydrogen (secondary N) is 2. The first-order chi connectivity index (χ1) is 9.25. The molecular weight excluding hydrogens is 242 g/mol. The third-order valence-corrected chi connectivity index (χ3v) is 4.13. The molecule has 0 spiro atoms. The molecule has 2 saturated heterocycles. The van der Waals surface area contributed by atoms with Gasteiger partial charge in [-0.3, -0.25) is 4.90 Å². The van der Waals surface area contributed by atoms with Crippen LogP contribution in [-0.4, -0.2) is 55.9 Å². The number of carbonyl (C=O) groups is 1. The average Bonchev–Trinajstić information content (AvgIpc) is 2.47. The molecule has 2 rings (SSSR count). The van der Waals surface area contributed by atoms with Crippen molar-refractivity contribution in [2.75, 3.05) is 32.8 Å². The number of rotatable bonds is 4. The van der Waals surface area contributed by atoms with Crippen LogP contribution in [0.15, 0.2) is 0 Å². The number of ether oxygens (including phenoxy) is 1. The molecule has 2 heterocycles. The molecule has 1 atom stereocenters. The number of hydrogen-bond donors (Lipinski definition) is 2. The van der Waals surface area contributed by atoms with E-state index in [9.17, 15) is 4.79 Å². The zero-order valence-electron chi connectivity index (χ0n) is 12.0. The predicted molar refractivity (Wildman–Crippen MR) is 75.3 cm³/mol. The minimum absolute atomic E-state index is 0.0317. The van der Waals surface area contributed by atoms with E-state index in [1.807, 2.05) is 0 Å². The van der Waals surface area contributed by atoms with Crippen LogP contribution in [0.2, 0.25) is 0 Å². The van der Waals surface area contributed by atoms with Crippen molar-refractivity contribution >= 4 is 6.03 Å². The quantitative estimate of drug-likeness (QED) is 0.810. The van der Waals surface area contributed by atoms with Crippen molar-refractivity contribution in [1.29, 1.82) is 0 Å². The normalized spacial score (nSPS) is 23.8. The van der Waals surface area contributed by atoms with Gasteiger partial charge in [-0.1, -0.05) is 6.42 Å². The van der Waals surface area contributed by atoms with Gasteiger partial charge in [0.1, 0.15) is 0 Å². The van der Waals surface area contributed by atoms with Crippen molar-refractivity contribution < 1.29 is 9.53 Å². The molecule has 2 aliphatic rings. The Balaban J connectivity index is 1.61. The van der Waals surface area contributed by atoms with Crippen LogP contribution in [0.3, 0.4) is 0 Å². The molecule has 1 unspecified atom stereocenters. The molecule has 5 heteroatoms. The molecule has 5 nitrogen and oxygen atoms in total. The molecule has 0 bridgehead atoms. The van der Waals surface area contributed by atoms with E-state index in [1.165, 1.54) is 32.4 Å². The van der Waals surface area contributed by atoms with Crippen LogP contribution in [0.25, 0.3) is 0 Å². The van der Waals surface area contributed by atoms with Crippen molar-refractivity contribution in [1.82, 2.24) is 15.5 Å². The van der Waals surface area contributed by atoms with Crippen molar-refractivity contribution in [2.45, 2.75) is 51.1 Å². The first-order valence-electron chi connectivity index (χ1n) is 7.62. The molecule has 19 heavy (non-hydrogen) atoms. The van der Waals surface area contributed by atoms with Crippen LogP contribution in [0, 0.1) is 0 Å². The second-order valence-corrected chi connectivity index (χ2v) is 5.69. The second kappa shape index (κ2) is 7.70. The number of carbonyl (C=O) groups excluding carboxylic acids is 1. The molecule has 2 N–H and O–H groups in total. The monoisotopic (exact) mass is 269 g/mol. The van der Waals surface area contributed by atoms with Gasteiger partial charge in [-0.2, -0.15) is 0 Å². The third kappa shape index (κ3) is 4.99. The summed E-state index contributed by atoms with van der Waals surface area (Å²) in [5.41, 5.74) is 0. The molecule has 0 radical (unpaired) electrons. The van der Waals surface area contributed by atoms with Gasteiger partial charge >= 0.3 is 6.03 Å². The largest absolute Gasteiger partial charge is 0.381 e. The Bertz CT molecular complexity index is 274. The molecule has 0 aliphatic carbocycles. The summed E-state index contributed by atoms with van der Waals surface area (Å²) in [4.78, 5) is 14.3. The summed E-state index contributed by atoms with van der Waals surface area (Å²) in [6.07, 6.45) is 5.78. The van der Waals surface area contributed by atoms with Crippen molar-refractivity contribution in [2.24, 2.45) is 0 Å². The lowest BCUT2D eigenvalue weighted by molar-refractivity contribution is 0.0799. The van der Waals surface area contributed by atoms with Crippen LogP contribution in [0.4, 0.5) is 4.79 Å². The first-order valence-corrected chi connectivity index (χ1v) is 7.62. The summed E-state index contributed by atoms with van der Waals surface area (Å²) >= 11 is 0. The fraction of sp³-hybridized carbons (Fsp3) is 0.929. The summed E-state index contributed by atoms with van der Waals surface area (Å²) in [5, 5.41) is 6.02. The van der Waals surface area contributed by atoms with E-state index >= 15 is 0 Å². The van der Waals surface area contributed by atoms with E-state index < -0.39 is 0 Å². The smallest absolute Gasteiger partial charge is 0.315 e. The molecule has 110 valence electrons. The highest BCUT2D eigenvalue weighted by Crippen LogP contribution is 2.11. The van der Waals surface area contributed by atoms with Crippen LogP contribution in [-0.2, 0) is 4.74 Å². The Hall–Kier alpha value is -0.810. The first kappa shape index (κ1) is 14.6. The van der Waals surface area contributed by atoms with E-state index in [4.69, 9.17) is 4.74 Å². The van der Waals surface area contributed by atoms with Crippen LogP contribution in [0.5, 0.6) is 0 Å². The number of amides is 2. The third-order valence-electron chi connectivity index (χ3n) is 4.13. The van der Waals surface area contributed by atoms with E-state index in [0.717, 1.165) is 32.6 Å². The molecule has 0 aromatic rings. The maximum atomic E-state index is 11.8. The van der Waals surface area contributed by atoms with Crippen LogP contribution in [0.1, 0.15) is 39.0 Å². The Morgan fingerprint density at radius 3 is 2.63 bits per heavy atom. The topological polar surface area (TPSA) is 53.6 Å². The van der Waals surface area contributed by atoms with E-state index in [2.05, 4.69) is 22.5 Å². The highest BCUT2D eigenvalue weighted by molar-refractivity contribution is 5.74. The summed E-state index contributed by atoms with van der Waals surface area (Å²) in [6.45, 7) is 6.79. The number of likely N-dealkylation sites (tertiary alicyclic amines) is 1. The maximum absolute atomic E-state index is 11.8. The SMILES string of the molecule is CC(CNC(=O)NC1CCOCC1)N1CCCCC1. The van der Waals surface area contributed by atoms with E-state index in [0.29, 0.717) is 6.04 Å². The lowest BCUT2D eigenvalue weighted by atomic mass is 10.1. The Labute approximate surface area is 116 Å². The highest BCUT2D eigenvalue weighted by Gasteiger charge is 2.19. The Morgan fingerprint density at radius 1 is 1.26 bits per heavy atom. The Kier molecular flexibility index (Phi) is 5.92. The zero-order chi connectivity index (χ0) is 13.5. The van der Waals surface area contributed by atoms with Crippen LogP contribution < -0.4 is 10.6 Å². The highest BCUT2D eigenvalue weighted by atomic mass is 16.5. The lowest BCUT2D eigenvalue weighted by Gasteiger charge is -2.32. The van der Waals surface area contributed by atoms with Gasteiger partial charge in [0.15, 0.2) is 0 Å². The molecule has 0 aromatic heterocycles. The zero-order valence-corrected chi connectivity index (χ0v) is 12.0. The molecular formula is C14H27N3O2. The van der Waals surface area contributed by atoms with Gasteiger partial charge in [0, 0.05) is 31.8 Å².